The molecule has 0 unspecified atom stereocenters. The van der Waals surface area contributed by atoms with E-state index in [1.807, 2.05) is 12.1 Å². The Morgan fingerprint density at radius 3 is 1.71 bits per heavy atom. The van der Waals surface area contributed by atoms with Gasteiger partial charge in [0.1, 0.15) is 5.75 Å². The highest BCUT2D eigenvalue weighted by atomic mass is 31.2. The highest BCUT2D eigenvalue weighted by Crippen LogP contribution is 2.45. The van der Waals surface area contributed by atoms with Crippen LogP contribution in [0.1, 0.15) is 5.56 Å². The van der Waals surface area contributed by atoms with E-state index in [1.165, 1.54) is 7.11 Å². The summed E-state index contributed by atoms with van der Waals surface area (Å²) in [5.41, 5.74) is 0.501. The smallest absolute Gasteiger partial charge is 0.357 e. The minimum absolute atomic E-state index is 0.00110. The van der Waals surface area contributed by atoms with E-state index in [-0.39, 0.29) is 5.71 Å². The summed E-state index contributed by atoms with van der Waals surface area (Å²) >= 11 is 0. The highest BCUT2D eigenvalue weighted by molar-refractivity contribution is 7.77. The second-order valence-electron chi connectivity index (χ2n) is 5.92. The molecule has 0 saturated heterocycles. The standard InChI is InChI=1S/C22H20NO4P/c1-26-18-15-13-17(14-16-18)21(22(24)27-2)23-28(25,19-9-5-3-6-10-19)20-11-7-4-8-12-20/h3-16H,1-2H3/b23-21+. The van der Waals surface area contributed by atoms with Gasteiger partial charge in [-0.2, -0.15) is 0 Å². The predicted molar refractivity (Wildman–Crippen MR) is 111 cm³/mol. The molecule has 0 aliphatic carbocycles. The molecular weight excluding hydrogens is 373 g/mol. The van der Waals surface area contributed by atoms with Gasteiger partial charge in [-0.05, 0) is 48.5 Å². The quantitative estimate of drug-likeness (QED) is 0.365. The van der Waals surface area contributed by atoms with Crippen LogP contribution in [0.3, 0.4) is 0 Å². The first-order chi connectivity index (χ1) is 13.6. The molecule has 142 valence electrons. The van der Waals surface area contributed by atoms with E-state index in [1.54, 1.807) is 79.9 Å². The van der Waals surface area contributed by atoms with Gasteiger partial charge in [0, 0.05) is 16.2 Å². The van der Waals surface area contributed by atoms with E-state index < -0.39 is 13.3 Å². The van der Waals surface area contributed by atoms with Crippen molar-refractivity contribution < 1.29 is 18.8 Å². The number of hydrogen-bond acceptors (Lipinski definition) is 4. The molecule has 0 radical (unpaired) electrons. The zero-order valence-corrected chi connectivity index (χ0v) is 16.5. The zero-order valence-electron chi connectivity index (χ0n) is 15.6. The van der Waals surface area contributed by atoms with Crippen molar-refractivity contribution in [1.82, 2.24) is 0 Å². The van der Waals surface area contributed by atoms with Crippen LogP contribution in [0, 0.1) is 0 Å². The summed E-state index contributed by atoms with van der Waals surface area (Å²) in [6, 6.07) is 24.7. The Bertz CT molecular complexity index is 972. The fourth-order valence-corrected chi connectivity index (χ4v) is 4.89. The molecule has 0 aromatic heterocycles. The molecule has 0 N–H and O–H groups in total. The minimum Gasteiger partial charge on any atom is -0.497 e. The van der Waals surface area contributed by atoms with Crippen molar-refractivity contribution >= 4 is 29.6 Å². The van der Waals surface area contributed by atoms with Crippen molar-refractivity contribution in [2.75, 3.05) is 14.2 Å². The number of carbonyl (C=O) groups excluding carboxylic acids is 1. The molecule has 0 aliphatic rings. The lowest BCUT2D eigenvalue weighted by Crippen LogP contribution is -2.21. The molecule has 6 heteroatoms. The first-order valence-corrected chi connectivity index (χ1v) is 10.3. The van der Waals surface area contributed by atoms with E-state index in [0.29, 0.717) is 21.9 Å². The van der Waals surface area contributed by atoms with Gasteiger partial charge in [0.15, 0.2) is 5.71 Å². The lowest BCUT2D eigenvalue weighted by Gasteiger charge is -2.16. The summed E-state index contributed by atoms with van der Waals surface area (Å²) in [5, 5.41) is 1.08. The lowest BCUT2D eigenvalue weighted by molar-refractivity contribution is -0.132. The van der Waals surface area contributed by atoms with Crippen LogP contribution in [-0.2, 0) is 14.1 Å². The van der Waals surface area contributed by atoms with Crippen molar-refractivity contribution in [1.29, 1.82) is 0 Å². The molecule has 0 aliphatic heterocycles. The van der Waals surface area contributed by atoms with Crippen LogP contribution in [-0.4, -0.2) is 25.9 Å². The average molecular weight is 393 g/mol. The zero-order chi connectivity index (χ0) is 20.0. The molecule has 3 rings (SSSR count). The molecule has 3 aromatic rings. The second-order valence-corrected chi connectivity index (χ2v) is 8.30. The Balaban J connectivity index is 2.22. The van der Waals surface area contributed by atoms with Crippen molar-refractivity contribution in [3.8, 4) is 5.75 Å². The molecule has 0 bridgehead atoms. The Kier molecular flexibility index (Phi) is 6.07. The molecular formula is C22H20NO4P. The molecule has 3 aromatic carbocycles. The molecule has 0 atom stereocenters. The first-order valence-electron chi connectivity index (χ1n) is 8.62. The fraction of sp³-hybridized carbons (Fsp3) is 0.0909. The van der Waals surface area contributed by atoms with Gasteiger partial charge >= 0.3 is 5.97 Å². The number of ether oxygens (including phenoxy) is 2. The van der Waals surface area contributed by atoms with E-state index in [2.05, 4.69) is 4.76 Å². The fourth-order valence-electron chi connectivity index (χ4n) is 2.73. The third-order valence-electron chi connectivity index (χ3n) is 4.20. The van der Waals surface area contributed by atoms with Gasteiger partial charge in [0.05, 0.1) is 14.2 Å². The van der Waals surface area contributed by atoms with Crippen LogP contribution in [0.2, 0.25) is 0 Å². The third kappa shape index (κ3) is 4.05. The number of esters is 1. The van der Waals surface area contributed by atoms with Gasteiger partial charge in [0.25, 0.3) is 0 Å². The highest BCUT2D eigenvalue weighted by Gasteiger charge is 2.29. The van der Waals surface area contributed by atoms with Crippen LogP contribution < -0.4 is 15.3 Å². The van der Waals surface area contributed by atoms with Crippen LogP contribution in [0.4, 0.5) is 0 Å². The van der Waals surface area contributed by atoms with E-state index >= 15 is 0 Å². The van der Waals surface area contributed by atoms with Crippen molar-refractivity contribution in [2.45, 2.75) is 0 Å². The van der Waals surface area contributed by atoms with Crippen LogP contribution in [0.15, 0.2) is 89.7 Å². The van der Waals surface area contributed by atoms with E-state index in [9.17, 15) is 9.36 Å². The molecule has 0 saturated carbocycles. The van der Waals surface area contributed by atoms with Gasteiger partial charge in [-0.15, -0.1) is 0 Å². The number of rotatable bonds is 6. The maximum absolute atomic E-state index is 14.1. The topological polar surface area (TPSA) is 65.0 Å². The summed E-state index contributed by atoms with van der Waals surface area (Å²) in [5.74, 6) is -0.0143. The van der Waals surface area contributed by atoms with Gasteiger partial charge in [-0.25, -0.2) is 9.56 Å². The summed E-state index contributed by atoms with van der Waals surface area (Å²) < 4.78 is 28.7. The molecule has 0 amide bonds. The van der Waals surface area contributed by atoms with Gasteiger partial charge < -0.3 is 9.47 Å². The predicted octanol–water partition coefficient (Wildman–Crippen LogP) is 3.59. The summed E-state index contributed by atoms with van der Waals surface area (Å²) in [7, 11) is -0.642. The van der Waals surface area contributed by atoms with Crippen molar-refractivity contribution in [3.63, 3.8) is 0 Å². The number of carbonyl (C=O) groups is 1. The molecule has 0 spiro atoms. The number of methoxy groups -OCH3 is 2. The lowest BCUT2D eigenvalue weighted by atomic mass is 10.1. The number of nitrogens with zero attached hydrogens (tertiary/aromatic N) is 1. The minimum atomic E-state index is -3.48. The molecule has 0 fully saturated rings. The van der Waals surface area contributed by atoms with E-state index in [4.69, 9.17) is 9.47 Å². The monoisotopic (exact) mass is 393 g/mol. The Hall–Kier alpha value is -3.17. The summed E-state index contributed by atoms with van der Waals surface area (Å²) in [4.78, 5) is 12.5. The van der Waals surface area contributed by atoms with Crippen LogP contribution in [0.5, 0.6) is 5.75 Å². The third-order valence-corrected chi connectivity index (χ3v) is 6.67. The van der Waals surface area contributed by atoms with Crippen molar-refractivity contribution in [2.24, 2.45) is 4.76 Å². The number of hydrogen-bond donors (Lipinski definition) is 0. The Morgan fingerprint density at radius 1 is 0.786 bits per heavy atom. The SMILES string of the molecule is COC(=O)/C(=N/P(=O)(c1ccccc1)c1ccccc1)c1ccc(OC)cc1. The van der Waals surface area contributed by atoms with Crippen molar-refractivity contribution in [3.05, 3.63) is 90.5 Å². The van der Waals surface area contributed by atoms with Crippen LogP contribution >= 0.6 is 7.29 Å². The van der Waals surface area contributed by atoms with Gasteiger partial charge in [-0.3, -0.25) is 4.57 Å². The normalized spacial score (nSPS) is 11.7. The summed E-state index contributed by atoms with van der Waals surface area (Å²) in [6.07, 6.45) is 0. The second kappa shape index (κ2) is 8.68. The Labute approximate surface area is 164 Å². The average Bonchev–Trinajstić information content (AvgIpc) is 2.78. The number of benzene rings is 3. The molecule has 0 heterocycles. The largest absolute Gasteiger partial charge is 0.497 e. The Morgan fingerprint density at radius 2 is 1.29 bits per heavy atom. The van der Waals surface area contributed by atoms with Gasteiger partial charge in [0.2, 0.25) is 7.29 Å². The summed E-state index contributed by atoms with van der Waals surface area (Å²) in [6.45, 7) is 0. The maximum Gasteiger partial charge on any atom is 0.357 e. The molecule has 5 nitrogen and oxygen atoms in total. The molecule has 28 heavy (non-hydrogen) atoms. The first kappa shape index (κ1) is 19.6. The van der Waals surface area contributed by atoms with Gasteiger partial charge in [-0.1, -0.05) is 36.4 Å². The maximum atomic E-state index is 14.1. The van der Waals surface area contributed by atoms with E-state index in [0.717, 1.165) is 0 Å². The van der Waals surface area contributed by atoms with Crippen LogP contribution in [0.25, 0.3) is 0 Å².